The van der Waals surface area contributed by atoms with Crippen LogP contribution in [0.25, 0.3) is 0 Å². The molecule has 10 nitrogen and oxygen atoms in total. The molecule has 1 aromatic heterocycles. The summed E-state index contributed by atoms with van der Waals surface area (Å²) in [7, 11) is 0. The van der Waals surface area contributed by atoms with Gasteiger partial charge < -0.3 is 30.5 Å². The van der Waals surface area contributed by atoms with Gasteiger partial charge in [0.1, 0.15) is 30.1 Å². The number of aliphatic hydroxyl groups excluding tert-OH is 4. The molecule has 3 rings (SSSR count). The SMILES string of the molecule is CC(C)(C)CC(=O)Nc1c(F)cc(C(=O)N=c2sccn2[C@@H]2O[C@H](CO)[C@@H](O)[C@@H](O)[C@@H]2O)cc1F. The van der Waals surface area contributed by atoms with Gasteiger partial charge in [0.25, 0.3) is 5.91 Å². The van der Waals surface area contributed by atoms with E-state index in [1.165, 1.54) is 16.1 Å². The number of hydrogen-bond donors (Lipinski definition) is 5. The van der Waals surface area contributed by atoms with Crippen LogP contribution in [-0.2, 0) is 9.53 Å². The molecule has 2 heterocycles. The number of carbonyl (C=O) groups is 2. The molecule has 192 valence electrons. The Bertz CT molecular complexity index is 1140. The van der Waals surface area contributed by atoms with Crippen molar-refractivity contribution in [2.75, 3.05) is 11.9 Å². The zero-order valence-corrected chi connectivity index (χ0v) is 20.0. The van der Waals surface area contributed by atoms with Gasteiger partial charge in [0.2, 0.25) is 5.91 Å². The van der Waals surface area contributed by atoms with E-state index in [0.717, 1.165) is 23.5 Å². The maximum Gasteiger partial charge on any atom is 0.279 e. The summed E-state index contributed by atoms with van der Waals surface area (Å²) >= 11 is 0.937. The van der Waals surface area contributed by atoms with Gasteiger partial charge in [0, 0.05) is 23.6 Å². The van der Waals surface area contributed by atoms with Gasteiger partial charge >= 0.3 is 0 Å². The van der Waals surface area contributed by atoms with Gasteiger partial charge in [-0.1, -0.05) is 20.8 Å². The fourth-order valence-corrected chi connectivity index (χ4v) is 4.24. The first-order chi connectivity index (χ1) is 16.3. The second kappa shape index (κ2) is 10.6. The Kier molecular flexibility index (Phi) is 8.19. The number of halogens is 2. The lowest BCUT2D eigenvalue weighted by molar-refractivity contribution is -0.251. The van der Waals surface area contributed by atoms with Crippen LogP contribution in [-0.4, -0.2) is 67.8 Å². The second-order valence-electron chi connectivity index (χ2n) is 9.33. The number of nitrogens with one attached hydrogen (secondary N) is 1. The highest BCUT2D eigenvalue weighted by Gasteiger charge is 2.44. The van der Waals surface area contributed by atoms with Gasteiger partial charge in [-0.25, -0.2) is 8.78 Å². The van der Waals surface area contributed by atoms with Gasteiger partial charge in [0.15, 0.2) is 22.7 Å². The number of carbonyl (C=O) groups excluding carboxylic acids is 2. The first-order valence-electron chi connectivity index (χ1n) is 10.7. The summed E-state index contributed by atoms with van der Waals surface area (Å²) in [6.45, 7) is 4.74. The zero-order valence-electron chi connectivity index (χ0n) is 19.2. The first-order valence-corrected chi connectivity index (χ1v) is 11.5. The zero-order chi connectivity index (χ0) is 26.1. The largest absolute Gasteiger partial charge is 0.394 e. The van der Waals surface area contributed by atoms with E-state index in [1.54, 1.807) is 20.8 Å². The van der Waals surface area contributed by atoms with E-state index in [2.05, 4.69) is 10.3 Å². The van der Waals surface area contributed by atoms with E-state index in [9.17, 15) is 38.8 Å². The predicted molar refractivity (Wildman–Crippen MR) is 120 cm³/mol. The van der Waals surface area contributed by atoms with Crippen LogP contribution in [0.5, 0.6) is 0 Å². The number of hydrogen-bond acceptors (Lipinski definition) is 8. The molecule has 35 heavy (non-hydrogen) atoms. The second-order valence-corrected chi connectivity index (χ2v) is 10.2. The third-order valence-corrected chi connectivity index (χ3v) is 5.97. The number of nitrogens with zero attached hydrogens (tertiary/aromatic N) is 2. The predicted octanol–water partition coefficient (Wildman–Crippen LogP) is 0.916. The minimum absolute atomic E-state index is 0.0260. The van der Waals surface area contributed by atoms with Crippen molar-refractivity contribution in [2.24, 2.45) is 10.4 Å². The molecule has 1 aliphatic heterocycles. The van der Waals surface area contributed by atoms with Gasteiger partial charge in [-0.2, -0.15) is 4.99 Å². The molecule has 5 atom stereocenters. The van der Waals surface area contributed by atoms with E-state index in [0.29, 0.717) is 0 Å². The summed E-state index contributed by atoms with van der Waals surface area (Å²) in [5, 5.41) is 43.3. The van der Waals surface area contributed by atoms with E-state index < -0.39 is 77.4 Å². The van der Waals surface area contributed by atoms with Crippen molar-refractivity contribution in [3.63, 3.8) is 0 Å². The third kappa shape index (κ3) is 6.18. The summed E-state index contributed by atoms with van der Waals surface area (Å²) in [4.78, 5) is 28.5. The third-order valence-electron chi connectivity index (χ3n) is 5.20. The lowest BCUT2D eigenvalue weighted by Crippen LogP contribution is -2.57. The minimum atomic E-state index is -1.65. The van der Waals surface area contributed by atoms with Crippen molar-refractivity contribution >= 4 is 28.8 Å². The Morgan fingerprint density at radius 3 is 2.34 bits per heavy atom. The highest BCUT2D eigenvalue weighted by atomic mass is 32.1. The Morgan fingerprint density at radius 1 is 1.14 bits per heavy atom. The van der Waals surface area contributed by atoms with Gasteiger partial charge in [-0.15, -0.1) is 11.3 Å². The van der Waals surface area contributed by atoms with Crippen molar-refractivity contribution < 1.29 is 43.5 Å². The number of aromatic nitrogens is 1. The Hall–Kier alpha value is -2.55. The smallest absolute Gasteiger partial charge is 0.279 e. The molecule has 0 spiro atoms. The fourth-order valence-electron chi connectivity index (χ4n) is 3.50. The molecule has 1 aliphatic rings. The van der Waals surface area contributed by atoms with E-state index >= 15 is 0 Å². The molecular formula is C22H27F2N3O7S. The van der Waals surface area contributed by atoms with Crippen LogP contribution in [0.15, 0.2) is 28.7 Å². The van der Waals surface area contributed by atoms with Crippen molar-refractivity contribution in [3.05, 3.63) is 45.7 Å². The lowest BCUT2D eigenvalue weighted by atomic mass is 9.92. The molecule has 1 fully saturated rings. The summed E-state index contributed by atoms with van der Waals surface area (Å²) in [5.41, 5.74) is -1.51. The van der Waals surface area contributed by atoms with E-state index in [-0.39, 0.29) is 11.2 Å². The summed E-state index contributed by atoms with van der Waals surface area (Å²) in [5.74, 6) is -3.91. The lowest BCUT2D eigenvalue weighted by Gasteiger charge is -2.40. The molecule has 0 bridgehead atoms. The van der Waals surface area contributed by atoms with Crippen molar-refractivity contribution in [1.82, 2.24) is 4.57 Å². The molecule has 0 unspecified atom stereocenters. The number of rotatable bonds is 5. The quantitative estimate of drug-likeness (QED) is 0.397. The fraction of sp³-hybridized carbons (Fsp3) is 0.500. The molecule has 1 aromatic carbocycles. The van der Waals surface area contributed by atoms with Crippen molar-refractivity contribution in [1.29, 1.82) is 0 Å². The topological polar surface area (TPSA) is 154 Å². The molecule has 2 amide bonds. The number of anilines is 1. The van der Waals surface area contributed by atoms with E-state index in [1.807, 2.05) is 0 Å². The van der Waals surface area contributed by atoms with Crippen molar-refractivity contribution in [2.45, 2.75) is 57.8 Å². The summed E-state index contributed by atoms with van der Waals surface area (Å²) in [6, 6.07) is 1.49. The highest BCUT2D eigenvalue weighted by Crippen LogP contribution is 2.28. The Labute approximate surface area is 203 Å². The van der Waals surface area contributed by atoms with Gasteiger partial charge in [-0.3, -0.25) is 14.2 Å². The van der Waals surface area contributed by atoms with Crippen LogP contribution in [0, 0.1) is 17.0 Å². The summed E-state index contributed by atoms with van der Waals surface area (Å²) < 4.78 is 35.7. The number of aliphatic hydroxyl groups is 4. The number of amides is 2. The number of ether oxygens (including phenoxy) is 1. The molecule has 0 aliphatic carbocycles. The number of benzene rings is 1. The first kappa shape index (κ1) is 27.0. The maximum absolute atomic E-state index is 14.5. The summed E-state index contributed by atoms with van der Waals surface area (Å²) in [6.07, 6.45) is -5.92. The van der Waals surface area contributed by atoms with Gasteiger partial charge in [0.05, 0.1) is 6.61 Å². The van der Waals surface area contributed by atoms with Gasteiger partial charge in [-0.05, 0) is 17.5 Å². The molecule has 13 heteroatoms. The van der Waals surface area contributed by atoms with Crippen LogP contribution < -0.4 is 10.1 Å². The molecular weight excluding hydrogens is 488 g/mol. The van der Waals surface area contributed by atoms with Crippen LogP contribution in [0.3, 0.4) is 0 Å². The standard InChI is InChI=1S/C22H27F2N3O7S/c1-22(2,3)8-14(29)25-15-11(23)6-10(7-12(15)24)19(33)26-21-27(4-5-35-21)20-18(32)17(31)16(30)13(9-28)34-20/h4-7,13,16-18,20,28,30-32H,8-9H2,1-3H3,(H,25,29)/t13-,16-,17-,18+,20-/m1/s1. The average molecular weight is 516 g/mol. The average Bonchev–Trinajstić information content (AvgIpc) is 3.21. The molecule has 2 aromatic rings. The maximum atomic E-state index is 14.5. The molecule has 5 N–H and O–H groups in total. The molecule has 1 saturated heterocycles. The van der Waals surface area contributed by atoms with Crippen molar-refractivity contribution in [3.8, 4) is 0 Å². The minimum Gasteiger partial charge on any atom is -0.394 e. The monoisotopic (exact) mass is 515 g/mol. The molecule has 0 radical (unpaired) electrons. The normalized spacial score (nSPS) is 25.5. The van der Waals surface area contributed by atoms with Crippen LogP contribution >= 0.6 is 11.3 Å². The van der Waals surface area contributed by atoms with Crippen LogP contribution in [0.1, 0.15) is 43.8 Å². The van der Waals surface area contributed by atoms with Crippen LogP contribution in [0.2, 0.25) is 0 Å². The van der Waals surface area contributed by atoms with E-state index in [4.69, 9.17) is 4.74 Å². The van der Waals surface area contributed by atoms with Crippen LogP contribution in [0.4, 0.5) is 14.5 Å². The number of thiazole rings is 1. The molecule has 0 saturated carbocycles. The highest BCUT2D eigenvalue weighted by molar-refractivity contribution is 7.07. The Balaban J connectivity index is 1.87. The Morgan fingerprint density at radius 2 is 1.77 bits per heavy atom.